The van der Waals surface area contributed by atoms with Crippen LogP contribution in [0.5, 0.6) is 5.75 Å². The van der Waals surface area contributed by atoms with E-state index in [1.807, 2.05) is 19.1 Å². The second-order valence-electron chi connectivity index (χ2n) is 6.28. The standard InChI is InChI=1S/C19H26N2OS/c1-3-11-21(12-15-5-6-15)13-17-14-23-19(20-17)16-7-9-18(10-8-16)22-4-2/h7-10,14-15H,3-6,11-13H2,1-2H3. The second-order valence-corrected chi connectivity index (χ2v) is 7.14. The van der Waals surface area contributed by atoms with Gasteiger partial charge in [0, 0.05) is 24.0 Å². The smallest absolute Gasteiger partial charge is 0.123 e. The van der Waals surface area contributed by atoms with Crippen LogP contribution in [0.2, 0.25) is 0 Å². The Balaban J connectivity index is 1.64. The normalized spacial score (nSPS) is 14.4. The van der Waals surface area contributed by atoms with E-state index in [4.69, 9.17) is 9.72 Å². The molecule has 0 aliphatic heterocycles. The first-order valence-electron chi connectivity index (χ1n) is 8.68. The van der Waals surface area contributed by atoms with Crippen molar-refractivity contribution in [3.63, 3.8) is 0 Å². The molecule has 23 heavy (non-hydrogen) atoms. The number of benzene rings is 1. The molecule has 1 aliphatic rings. The monoisotopic (exact) mass is 330 g/mol. The predicted octanol–water partition coefficient (Wildman–Crippen LogP) is 4.83. The van der Waals surface area contributed by atoms with Crippen molar-refractivity contribution >= 4 is 11.3 Å². The van der Waals surface area contributed by atoms with Crippen LogP contribution in [0.4, 0.5) is 0 Å². The third-order valence-corrected chi connectivity index (χ3v) is 5.04. The van der Waals surface area contributed by atoms with Crippen LogP contribution < -0.4 is 4.74 Å². The summed E-state index contributed by atoms with van der Waals surface area (Å²) in [5, 5.41) is 3.31. The van der Waals surface area contributed by atoms with Gasteiger partial charge in [-0.15, -0.1) is 11.3 Å². The Morgan fingerprint density at radius 2 is 2.00 bits per heavy atom. The van der Waals surface area contributed by atoms with Gasteiger partial charge in [0.2, 0.25) is 0 Å². The Morgan fingerprint density at radius 1 is 1.22 bits per heavy atom. The van der Waals surface area contributed by atoms with Gasteiger partial charge in [0.25, 0.3) is 0 Å². The average Bonchev–Trinajstić information content (AvgIpc) is 3.24. The fourth-order valence-electron chi connectivity index (χ4n) is 2.82. The van der Waals surface area contributed by atoms with Crippen LogP contribution in [0.25, 0.3) is 10.6 Å². The lowest BCUT2D eigenvalue weighted by Gasteiger charge is -2.20. The highest BCUT2D eigenvalue weighted by Gasteiger charge is 2.24. The summed E-state index contributed by atoms with van der Waals surface area (Å²) in [6, 6.07) is 8.25. The van der Waals surface area contributed by atoms with E-state index < -0.39 is 0 Å². The Labute approximate surface area is 143 Å². The molecule has 3 rings (SSSR count). The third kappa shape index (κ3) is 4.79. The fourth-order valence-corrected chi connectivity index (χ4v) is 3.64. The average molecular weight is 330 g/mol. The molecule has 0 N–H and O–H groups in total. The number of hydrogen-bond acceptors (Lipinski definition) is 4. The number of nitrogens with zero attached hydrogens (tertiary/aromatic N) is 2. The molecule has 0 atom stereocenters. The van der Waals surface area contributed by atoms with E-state index in [1.165, 1.54) is 43.6 Å². The van der Waals surface area contributed by atoms with E-state index in [2.05, 4.69) is 29.3 Å². The van der Waals surface area contributed by atoms with Crippen molar-refractivity contribution in [3.8, 4) is 16.3 Å². The zero-order valence-electron chi connectivity index (χ0n) is 14.1. The number of aromatic nitrogens is 1. The molecule has 3 nitrogen and oxygen atoms in total. The highest BCUT2D eigenvalue weighted by molar-refractivity contribution is 7.13. The maximum Gasteiger partial charge on any atom is 0.123 e. The van der Waals surface area contributed by atoms with Gasteiger partial charge in [-0.25, -0.2) is 4.98 Å². The van der Waals surface area contributed by atoms with Gasteiger partial charge in [0.05, 0.1) is 12.3 Å². The van der Waals surface area contributed by atoms with Gasteiger partial charge in [-0.2, -0.15) is 0 Å². The fraction of sp³-hybridized carbons (Fsp3) is 0.526. The number of ether oxygens (including phenoxy) is 1. The summed E-state index contributed by atoms with van der Waals surface area (Å²) in [5.41, 5.74) is 2.38. The van der Waals surface area contributed by atoms with Crippen LogP contribution in [0.1, 0.15) is 38.8 Å². The molecule has 1 aromatic heterocycles. The summed E-state index contributed by atoms with van der Waals surface area (Å²) in [4.78, 5) is 7.41. The van der Waals surface area contributed by atoms with Gasteiger partial charge in [-0.3, -0.25) is 4.90 Å². The summed E-state index contributed by atoms with van der Waals surface area (Å²) in [6.07, 6.45) is 4.03. The molecule has 124 valence electrons. The first-order valence-corrected chi connectivity index (χ1v) is 9.56. The van der Waals surface area contributed by atoms with Crippen LogP contribution in [0.15, 0.2) is 29.6 Å². The molecule has 0 saturated heterocycles. The Hall–Kier alpha value is -1.39. The summed E-state index contributed by atoms with van der Waals surface area (Å²) >= 11 is 1.74. The molecule has 1 heterocycles. The van der Waals surface area contributed by atoms with Gasteiger partial charge in [0.1, 0.15) is 10.8 Å². The highest BCUT2D eigenvalue weighted by Crippen LogP contribution is 2.31. The van der Waals surface area contributed by atoms with E-state index in [0.717, 1.165) is 23.2 Å². The van der Waals surface area contributed by atoms with E-state index in [9.17, 15) is 0 Å². The maximum absolute atomic E-state index is 5.50. The number of rotatable bonds is 9. The topological polar surface area (TPSA) is 25.4 Å². The molecular weight excluding hydrogens is 304 g/mol. The summed E-state index contributed by atoms with van der Waals surface area (Å²) in [6.45, 7) is 8.36. The summed E-state index contributed by atoms with van der Waals surface area (Å²) < 4.78 is 5.50. The van der Waals surface area contributed by atoms with E-state index in [1.54, 1.807) is 11.3 Å². The van der Waals surface area contributed by atoms with Crippen molar-refractivity contribution in [2.45, 2.75) is 39.7 Å². The third-order valence-electron chi connectivity index (χ3n) is 4.10. The minimum absolute atomic E-state index is 0.703. The van der Waals surface area contributed by atoms with Crippen molar-refractivity contribution in [2.24, 2.45) is 5.92 Å². The van der Waals surface area contributed by atoms with Crippen molar-refractivity contribution in [2.75, 3.05) is 19.7 Å². The minimum Gasteiger partial charge on any atom is -0.494 e. The zero-order valence-corrected chi connectivity index (χ0v) is 14.9. The van der Waals surface area contributed by atoms with Crippen LogP contribution in [0, 0.1) is 5.92 Å². The van der Waals surface area contributed by atoms with E-state index in [0.29, 0.717) is 6.61 Å². The summed E-state index contributed by atoms with van der Waals surface area (Å²) in [5.74, 6) is 1.86. The molecule has 0 spiro atoms. The highest BCUT2D eigenvalue weighted by atomic mass is 32.1. The number of thiazole rings is 1. The van der Waals surface area contributed by atoms with Gasteiger partial charge in [-0.05, 0) is 62.9 Å². The van der Waals surface area contributed by atoms with E-state index in [-0.39, 0.29) is 0 Å². The van der Waals surface area contributed by atoms with Crippen LogP contribution in [0.3, 0.4) is 0 Å². The molecule has 2 aromatic rings. The van der Waals surface area contributed by atoms with Gasteiger partial charge in [0.15, 0.2) is 0 Å². The molecule has 1 aromatic carbocycles. The molecule has 1 saturated carbocycles. The molecule has 1 fully saturated rings. The Bertz CT molecular complexity index is 604. The summed E-state index contributed by atoms with van der Waals surface area (Å²) in [7, 11) is 0. The second kappa shape index (κ2) is 7.93. The largest absolute Gasteiger partial charge is 0.494 e. The van der Waals surface area contributed by atoms with Crippen molar-refractivity contribution < 1.29 is 4.74 Å². The molecule has 0 radical (unpaired) electrons. The Kier molecular flexibility index (Phi) is 5.68. The molecule has 0 amide bonds. The minimum atomic E-state index is 0.703. The first-order chi connectivity index (χ1) is 11.3. The lowest BCUT2D eigenvalue weighted by Crippen LogP contribution is -2.26. The molecule has 0 bridgehead atoms. The van der Waals surface area contributed by atoms with Crippen molar-refractivity contribution in [3.05, 3.63) is 35.3 Å². The van der Waals surface area contributed by atoms with Crippen LogP contribution in [-0.2, 0) is 6.54 Å². The van der Waals surface area contributed by atoms with Crippen LogP contribution >= 0.6 is 11.3 Å². The quantitative estimate of drug-likeness (QED) is 0.658. The lowest BCUT2D eigenvalue weighted by atomic mass is 10.2. The van der Waals surface area contributed by atoms with Gasteiger partial charge < -0.3 is 4.74 Å². The van der Waals surface area contributed by atoms with Gasteiger partial charge in [-0.1, -0.05) is 6.92 Å². The molecule has 4 heteroatoms. The van der Waals surface area contributed by atoms with E-state index >= 15 is 0 Å². The maximum atomic E-state index is 5.50. The molecule has 1 aliphatic carbocycles. The predicted molar refractivity (Wildman–Crippen MR) is 97.0 cm³/mol. The lowest BCUT2D eigenvalue weighted by molar-refractivity contribution is 0.253. The zero-order chi connectivity index (χ0) is 16.1. The first kappa shape index (κ1) is 16.5. The SMILES string of the molecule is CCCN(Cc1csc(-c2ccc(OCC)cc2)n1)CC1CC1. The van der Waals surface area contributed by atoms with Crippen molar-refractivity contribution in [1.82, 2.24) is 9.88 Å². The van der Waals surface area contributed by atoms with Crippen molar-refractivity contribution in [1.29, 1.82) is 0 Å². The van der Waals surface area contributed by atoms with Crippen LogP contribution in [-0.4, -0.2) is 29.6 Å². The molecule has 0 unspecified atom stereocenters. The Morgan fingerprint density at radius 3 is 2.65 bits per heavy atom. The molecular formula is C19H26N2OS. The van der Waals surface area contributed by atoms with Gasteiger partial charge >= 0.3 is 0 Å². The number of hydrogen-bond donors (Lipinski definition) is 0.